The highest BCUT2D eigenvalue weighted by molar-refractivity contribution is 5.44. The predicted molar refractivity (Wildman–Crippen MR) is 35.2 cm³/mol. The standard InChI is InChI=1S/C4H8O.CH4N2O/c1-4(2)5-3;2-3-1-4/h1H2,2-3H3;1H,2H2,(H,3,4). The second-order valence-corrected chi connectivity index (χ2v) is 1.19. The van der Waals surface area contributed by atoms with Crippen molar-refractivity contribution in [3.05, 3.63) is 12.3 Å². The lowest BCUT2D eigenvalue weighted by atomic mass is 10.7. The fourth-order valence-electron chi connectivity index (χ4n) is 0. The van der Waals surface area contributed by atoms with E-state index >= 15 is 0 Å². The van der Waals surface area contributed by atoms with Gasteiger partial charge in [-0.1, -0.05) is 6.58 Å². The quantitative estimate of drug-likeness (QED) is 0.179. The van der Waals surface area contributed by atoms with Crippen LogP contribution in [0.2, 0.25) is 0 Å². The summed E-state index contributed by atoms with van der Waals surface area (Å²) in [5, 5.41) is 0. The molecule has 4 nitrogen and oxygen atoms in total. The molecular formula is C5H12N2O2. The number of carbonyl (C=O) groups excluding carboxylic acids is 1. The molecule has 0 radical (unpaired) electrons. The summed E-state index contributed by atoms with van der Waals surface area (Å²) >= 11 is 0. The average Bonchev–Trinajstić information content (AvgIpc) is 1.89. The molecule has 54 valence electrons. The zero-order chi connectivity index (χ0) is 7.70. The van der Waals surface area contributed by atoms with Gasteiger partial charge in [0.2, 0.25) is 6.41 Å². The molecule has 1 amide bonds. The molecule has 0 aromatic carbocycles. The number of carbonyl (C=O) groups is 1. The van der Waals surface area contributed by atoms with E-state index in [0.717, 1.165) is 5.76 Å². The second kappa shape index (κ2) is 10.1. The molecule has 4 heteroatoms. The normalized spacial score (nSPS) is 6.11. The van der Waals surface area contributed by atoms with Crippen molar-refractivity contribution in [2.24, 2.45) is 5.84 Å². The fourth-order valence-corrected chi connectivity index (χ4v) is 0. The highest BCUT2D eigenvalue weighted by atomic mass is 16.5. The lowest BCUT2D eigenvalue weighted by Gasteiger charge is -1.88. The van der Waals surface area contributed by atoms with E-state index in [1.807, 2.05) is 0 Å². The molecular weight excluding hydrogens is 120 g/mol. The summed E-state index contributed by atoms with van der Waals surface area (Å²) in [5.74, 6) is 5.16. The number of hydrogen-bond acceptors (Lipinski definition) is 3. The number of nitrogens with one attached hydrogen (secondary N) is 1. The van der Waals surface area contributed by atoms with E-state index in [0.29, 0.717) is 6.41 Å². The largest absolute Gasteiger partial charge is 0.502 e. The summed E-state index contributed by atoms with van der Waals surface area (Å²) in [6, 6.07) is 0. The Labute approximate surface area is 54.7 Å². The molecule has 0 aliphatic heterocycles. The summed E-state index contributed by atoms with van der Waals surface area (Å²) < 4.78 is 4.56. The number of amides is 1. The van der Waals surface area contributed by atoms with E-state index in [2.05, 4.69) is 17.2 Å². The molecule has 0 aromatic heterocycles. The fraction of sp³-hybridized carbons (Fsp3) is 0.400. The van der Waals surface area contributed by atoms with Crippen LogP contribution in [0.25, 0.3) is 0 Å². The molecule has 0 saturated carbocycles. The zero-order valence-electron chi connectivity index (χ0n) is 5.68. The number of ether oxygens (including phenoxy) is 1. The van der Waals surface area contributed by atoms with Gasteiger partial charge in [-0.2, -0.15) is 0 Å². The second-order valence-electron chi connectivity index (χ2n) is 1.19. The Bertz CT molecular complexity index is 83.0. The van der Waals surface area contributed by atoms with E-state index in [9.17, 15) is 0 Å². The van der Waals surface area contributed by atoms with E-state index in [4.69, 9.17) is 4.79 Å². The van der Waals surface area contributed by atoms with Crippen LogP contribution in [0.1, 0.15) is 6.92 Å². The first-order chi connectivity index (χ1) is 4.18. The van der Waals surface area contributed by atoms with E-state index < -0.39 is 0 Å². The summed E-state index contributed by atoms with van der Waals surface area (Å²) in [6.45, 7) is 5.26. The summed E-state index contributed by atoms with van der Waals surface area (Å²) in [6.07, 6.45) is 0.403. The molecule has 0 unspecified atom stereocenters. The van der Waals surface area contributed by atoms with Gasteiger partial charge in [-0.25, -0.2) is 5.84 Å². The Morgan fingerprint density at radius 2 is 2.11 bits per heavy atom. The van der Waals surface area contributed by atoms with Crippen molar-refractivity contribution in [3.8, 4) is 0 Å². The first-order valence-corrected chi connectivity index (χ1v) is 2.28. The van der Waals surface area contributed by atoms with Crippen LogP contribution in [-0.4, -0.2) is 13.5 Å². The molecule has 9 heavy (non-hydrogen) atoms. The Morgan fingerprint density at radius 3 is 2.11 bits per heavy atom. The molecule has 0 saturated heterocycles. The third-order valence-corrected chi connectivity index (χ3v) is 0.417. The van der Waals surface area contributed by atoms with Gasteiger partial charge in [-0.3, -0.25) is 10.2 Å². The zero-order valence-corrected chi connectivity index (χ0v) is 5.68. The maximum Gasteiger partial charge on any atom is 0.221 e. The lowest BCUT2D eigenvalue weighted by Crippen LogP contribution is -2.18. The maximum atomic E-state index is 8.94. The van der Waals surface area contributed by atoms with Crippen LogP contribution in [0.15, 0.2) is 12.3 Å². The Hall–Kier alpha value is -1.03. The van der Waals surface area contributed by atoms with Crippen LogP contribution in [0.3, 0.4) is 0 Å². The highest BCUT2D eigenvalue weighted by Crippen LogP contribution is 1.80. The third-order valence-electron chi connectivity index (χ3n) is 0.417. The Balaban J connectivity index is 0. The SMILES string of the molecule is C=C(C)OC.NNC=O. The number of allylic oxidation sites excluding steroid dienone is 1. The van der Waals surface area contributed by atoms with Crippen molar-refractivity contribution in [1.82, 2.24) is 5.43 Å². The average molecular weight is 132 g/mol. The minimum Gasteiger partial charge on any atom is -0.502 e. The summed E-state index contributed by atoms with van der Waals surface area (Å²) in [7, 11) is 1.60. The van der Waals surface area contributed by atoms with Crippen molar-refractivity contribution < 1.29 is 9.53 Å². The van der Waals surface area contributed by atoms with Gasteiger partial charge in [0.05, 0.1) is 12.9 Å². The topological polar surface area (TPSA) is 64.3 Å². The van der Waals surface area contributed by atoms with Crippen LogP contribution < -0.4 is 11.3 Å². The maximum absolute atomic E-state index is 8.94. The molecule has 0 rings (SSSR count). The van der Waals surface area contributed by atoms with Crippen molar-refractivity contribution in [2.45, 2.75) is 6.92 Å². The third kappa shape index (κ3) is 44.4. The molecule has 3 N–H and O–H groups in total. The molecule has 0 aromatic rings. The van der Waals surface area contributed by atoms with Gasteiger partial charge in [0.1, 0.15) is 0 Å². The minimum absolute atomic E-state index is 0.403. The smallest absolute Gasteiger partial charge is 0.221 e. The van der Waals surface area contributed by atoms with Crippen molar-refractivity contribution in [3.63, 3.8) is 0 Å². The molecule has 0 heterocycles. The molecule has 0 spiro atoms. The molecule has 0 aliphatic rings. The van der Waals surface area contributed by atoms with Crippen molar-refractivity contribution >= 4 is 6.41 Å². The summed E-state index contributed by atoms with van der Waals surface area (Å²) in [5.41, 5.74) is 1.75. The molecule has 0 bridgehead atoms. The van der Waals surface area contributed by atoms with E-state index in [1.54, 1.807) is 19.5 Å². The van der Waals surface area contributed by atoms with Gasteiger partial charge >= 0.3 is 0 Å². The number of hydrazine groups is 1. The number of rotatable bonds is 2. The number of nitrogens with two attached hydrogens (primary N) is 1. The Kier molecular flexibility index (Phi) is 12.1. The van der Waals surface area contributed by atoms with Crippen molar-refractivity contribution in [1.29, 1.82) is 0 Å². The molecule has 0 fully saturated rings. The number of methoxy groups -OCH3 is 1. The van der Waals surface area contributed by atoms with Crippen molar-refractivity contribution in [2.75, 3.05) is 7.11 Å². The van der Waals surface area contributed by atoms with E-state index in [1.165, 1.54) is 0 Å². The van der Waals surface area contributed by atoms with Crippen LogP contribution in [-0.2, 0) is 9.53 Å². The van der Waals surface area contributed by atoms with Crippen LogP contribution in [0.4, 0.5) is 0 Å². The van der Waals surface area contributed by atoms with Gasteiger partial charge in [-0.15, -0.1) is 0 Å². The minimum atomic E-state index is 0.403. The lowest BCUT2D eigenvalue weighted by molar-refractivity contribution is -0.109. The van der Waals surface area contributed by atoms with E-state index in [-0.39, 0.29) is 0 Å². The van der Waals surface area contributed by atoms with Gasteiger partial charge in [0, 0.05) is 0 Å². The molecule has 0 aliphatic carbocycles. The van der Waals surface area contributed by atoms with Crippen LogP contribution in [0, 0.1) is 0 Å². The van der Waals surface area contributed by atoms with Gasteiger partial charge in [0.15, 0.2) is 0 Å². The number of hydrogen-bond donors (Lipinski definition) is 2. The monoisotopic (exact) mass is 132 g/mol. The van der Waals surface area contributed by atoms with Crippen LogP contribution in [0.5, 0.6) is 0 Å². The molecule has 0 atom stereocenters. The van der Waals surface area contributed by atoms with Gasteiger partial charge < -0.3 is 4.74 Å². The van der Waals surface area contributed by atoms with Crippen LogP contribution >= 0.6 is 0 Å². The predicted octanol–water partition coefficient (Wildman–Crippen LogP) is -0.227. The Morgan fingerprint density at radius 1 is 1.89 bits per heavy atom. The first-order valence-electron chi connectivity index (χ1n) is 2.28. The summed E-state index contributed by atoms with van der Waals surface area (Å²) in [4.78, 5) is 8.94. The first kappa shape index (κ1) is 10.9. The van der Waals surface area contributed by atoms with Gasteiger partial charge in [-0.05, 0) is 6.92 Å². The highest BCUT2D eigenvalue weighted by Gasteiger charge is 1.65. The van der Waals surface area contributed by atoms with Gasteiger partial charge in [0.25, 0.3) is 0 Å².